The first-order chi connectivity index (χ1) is 9.51. The lowest BCUT2D eigenvalue weighted by atomic mass is 10.1. The van der Waals surface area contributed by atoms with Gasteiger partial charge in [0.25, 0.3) is 0 Å². The van der Waals surface area contributed by atoms with Crippen LogP contribution < -0.4 is 4.74 Å². The Morgan fingerprint density at radius 1 is 1.25 bits per heavy atom. The van der Waals surface area contributed by atoms with Crippen LogP contribution in [0.1, 0.15) is 28.4 Å². The lowest BCUT2D eigenvalue weighted by molar-refractivity contribution is 0.101. The van der Waals surface area contributed by atoms with Crippen LogP contribution in [0.4, 0.5) is 0 Å². The zero-order valence-corrected chi connectivity index (χ0v) is 11.9. The number of hydrogen-bond acceptors (Lipinski definition) is 3. The van der Waals surface area contributed by atoms with Crippen molar-refractivity contribution in [3.63, 3.8) is 0 Å². The Morgan fingerprint density at radius 3 is 2.60 bits per heavy atom. The van der Waals surface area contributed by atoms with Gasteiger partial charge in [-0.15, -0.1) is 0 Å². The molecule has 0 aliphatic heterocycles. The molecule has 100 valence electrons. The van der Waals surface area contributed by atoms with Gasteiger partial charge in [-0.1, -0.05) is 11.6 Å². The Balaban J connectivity index is 2.43. The second kappa shape index (κ2) is 5.77. The minimum atomic E-state index is -0.116. The van der Waals surface area contributed by atoms with Gasteiger partial charge in [0.05, 0.1) is 17.2 Å². The minimum Gasteiger partial charge on any atom is -0.457 e. The van der Waals surface area contributed by atoms with E-state index in [1.54, 1.807) is 36.4 Å². The molecule has 0 aliphatic carbocycles. The van der Waals surface area contributed by atoms with Crippen LogP contribution in [0.25, 0.3) is 0 Å². The number of nitriles is 1. The van der Waals surface area contributed by atoms with Crippen molar-refractivity contribution in [3.8, 4) is 17.6 Å². The fourth-order valence-electron chi connectivity index (χ4n) is 1.77. The second-order valence-corrected chi connectivity index (χ2v) is 4.80. The monoisotopic (exact) mass is 285 g/mol. The van der Waals surface area contributed by atoms with Crippen LogP contribution in [0, 0.1) is 18.3 Å². The van der Waals surface area contributed by atoms with E-state index in [4.69, 9.17) is 21.6 Å². The number of halogens is 1. The van der Waals surface area contributed by atoms with E-state index in [2.05, 4.69) is 0 Å². The fourth-order valence-corrected chi connectivity index (χ4v) is 1.89. The summed E-state index contributed by atoms with van der Waals surface area (Å²) in [6.07, 6.45) is 0. The molecule has 0 saturated heterocycles. The number of hydrogen-bond donors (Lipinski definition) is 0. The molecule has 0 amide bonds. The standard InChI is InChI=1S/C16H12ClNO2/c1-10-7-13(4-6-15(10)17)20-16-8-12(9-18)3-5-14(16)11(2)19/h3-8H,1-2H3. The second-order valence-electron chi connectivity index (χ2n) is 4.39. The summed E-state index contributed by atoms with van der Waals surface area (Å²) >= 11 is 5.96. The Kier molecular flexibility index (Phi) is 4.07. The predicted octanol–water partition coefficient (Wildman–Crippen LogP) is 4.52. The summed E-state index contributed by atoms with van der Waals surface area (Å²) in [6.45, 7) is 3.33. The first-order valence-corrected chi connectivity index (χ1v) is 6.38. The number of aryl methyl sites for hydroxylation is 1. The van der Waals surface area contributed by atoms with E-state index in [0.717, 1.165) is 5.56 Å². The number of ketones is 1. The summed E-state index contributed by atoms with van der Waals surface area (Å²) in [5.41, 5.74) is 1.76. The molecule has 0 heterocycles. The topological polar surface area (TPSA) is 50.1 Å². The van der Waals surface area contributed by atoms with Gasteiger partial charge in [0.2, 0.25) is 0 Å². The van der Waals surface area contributed by atoms with Crippen molar-refractivity contribution in [3.05, 3.63) is 58.1 Å². The molecule has 0 aromatic heterocycles. The molecule has 2 rings (SSSR count). The Morgan fingerprint density at radius 2 is 2.00 bits per heavy atom. The molecule has 4 heteroatoms. The van der Waals surface area contributed by atoms with Gasteiger partial charge in [-0.25, -0.2) is 0 Å². The van der Waals surface area contributed by atoms with Gasteiger partial charge in [0, 0.05) is 5.02 Å². The molecule has 0 radical (unpaired) electrons. The molecule has 0 aliphatic rings. The van der Waals surface area contributed by atoms with E-state index in [1.807, 2.05) is 13.0 Å². The highest BCUT2D eigenvalue weighted by Crippen LogP contribution is 2.29. The lowest BCUT2D eigenvalue weighted by Crippen LogP contribution is -1.98. The summed E-state index contributed by atoms with van der Waals surface area (Å²) in [4.78, 5) is 11.6. The maximum Gasteiger partial charge on any atom is 0.163 e. The van der Waals surface area contributed by atoms with E-state index in [-0.39, 0.29) is 5.78 Å². The molecule has 3 nitrogen and oxygen atoms in total. The van der Waals surface area contributed by atoms with E-state index in [9.17, 15) is 4.79 Å². The van der Waals surface area contributed by atoms with Crippen molar-refractivity contribution in [2.45, 2.75) is 13.8 Å². The predicted molar refractivity (Wildman–Crippen MR) is 77.4 cm³/mol. The van der Waals surface area contributed by atoms with Crippen LogP contribution in [0.5, 0.6) is 11.5 Å². The van der Waals surface area contributed by atoms with Gasteiger partial charge in [0.15, 0.2) is 5.78 Å². The van der Waals surface area contributed by atoms with Gasteiger partial charge < -0.3 is 4.74 Å². The van der Waals surface area contributed by atoms with E-state index in [1.165, 1.54) is 6.92 Å². The van der Waals surface area contributed by atoms with Gasteiger partial charge >= 0.3 is 0 Å². The Labute approximate surface area is 122 Å². The van der Waals surface area contributed by atoms with Crippen molar-refractivity contribution in [1.29, 1.82) is 5.26 Å². The summed E-state index contributed by atoms with van der Waals surface area (Å²) in [5.74, 6) is 0.831. The average molecular weight is 286 g/mol. The lowest BCUT2D eigenvalue weighted by Gasteiger charge is -2.10. The van der Waals surface area contributed by atoms with Gasteiger partial charge in [0.1, 0.15) is 11.5 Å². The number of carbonyl (C=O) groups is 1. The highest BCUT2D eigenvalue weighted by Gasteiger charge is 2.11. The van der Waals surface area contributed by atoms with Gasteiger partial charge in [-0.3, -0.25) is 4.79 Å². The molecule has 0 atom stereocenters. The van der Waals surface area contributed by atoms with Crippen LogP contribution in [-0.4, -0.2) is 5.78 Å². The van der Waals surface area contributed by atoms with Crippen LogP contribution >= 0.6 is 11.6 Å². The molecule has 0 bridgehead atoms. The third-order valence-corrected chi connectivity index (χ3v) is 3.27. The van der Waals surface area contributed by atoms with Crippen LogP contribution in [-0.2, 0) is 0 Å². The van der Waals surface area contributed by atoms with Gasteiger partial charge in [-0.05, 0) is 55.8 Å². The highest BCUT2D eigenvalue weighted by atomic mass is 35.5. The molecular weight excluding hydrogens is 274 g/mol. The van der Waals surface area contributed by atoms with Crippen molar-refractivity contribution < 1.29 is 9.53 Å². The summed E-state index contributed by atoms with van der Waals surface area (Å²) in [7, 11) is 0. The van der Waals surface area contributed by atoms with Crippen LogP contribution in [0.15, 0.2) is 36.4 Å². The Hall–Kier alpha value is -2.31. The number of ether oxygens (including phenoxy) is 1. The van der Waals surface area contributed by atoms with E-state index in [0.29, 0.717) is 27.6 Å². The molecule has 20 heavy (non-hydrogen) atoms. The van der Waals surface area contributed by atoms with Gasteiger partial charge in [-0.2, -0.15) is 5.26 Å². The minimum absolute atomic E-state index is 0.116. The SMILES string of the molecule is CC(=O)c1ccc(C#N)cc1Oc1ccc(Cl)c(C)c1. The number of benzene rings is 2. The zero-order valence-electron chi connectivity index (χ0n) is 11.1. The molecule has 2 aromatic rings. The molecular formula is C16H12ClNO2. The van der Waals surface area contributed by atoms with Crippen molar-refractivity contribution in [2.24, 2.45) is 0 Å². The number of carbonyl (C=O) groups excluding carboxylic acids is 1. The largest absolute Gasteiger partial charge is 0.457 e. The number of nitrogens with zero attached hydrogens (tertiary/aromatic N) is 1. The number of rotatable bonds is 3. The number of Topliss-reactive ketones (excluding diaryl/α,β-unsaturated/α-hetero) is 1. The maximum atomic E-state index is 11.6. The molecule has 2 aromatic carbocycles. The van der Waals surface area contributed by atoms with Crippen molar-refractivity contribution in [2.75, 3.05) is 0 Å². The van der Waals surface area contributed by atoms with Crippen LogP contribution in [0.2, 0.25) is 5.02 Å². The molecule has 0 N–H and O–H groups in total. The zero-order chi connectivity index (χ0) is 14.7. The first-order valence-electron chi connectivity index (χ1n) is 6.00. The van der Waals surface area contributed by atoms with E-state index >= 15 is 0 Å². The quantitative estimate of drug-likeness (QED) is 0.779. The summed E-state index contributed by atoms with van der Waals surface area (Å²) in [5, 5.41) is 9.58. The molecule has 0 saturated carbocycles. The smallest absolute Gasteiger partial charge is 0.163 e. The maximum absolute atomic E-state index is 11.6. The summed E-state index contributed by atoms with van der Waals surface area (Å²) in [6, 6.07) is 12.0. The van der Waals surface area contributed by atoms with Crippen molar-refractivity contribution >= 4 is 17.4 Å². The highest BCUT2D eigenvalue weighted by molar-refractivity contribution is 6.31. The normalized spacial score (nSPS) is 9.90. The molecule has 0 fully saturated rings. The molecule has 0 spiro atoms. The average Bonchev–Trinajstić information content (AvgIpc) is 2.42. The fraction of sp³-hybridized carbons (Fsp3) is 0.125. The first kappa shape index (κ1) is 14.1. The Bertz CT molecular complexity index is 717. The molecule has 0 unspecified atom stereocenters. The van der Waals surface area contributed by atoms with Crippen molar-refractivity contribution in [1.82, 2.24) is 0 Å². The third kappa shape index (κ3) is 2.98. The third-order valence-electron chi connectivity index (χ3n) is 2.85. The van der Waals surface area contributed by atoms with E-state index < -0.39 is 0 Å². The summed E-state index contributed by atoms with van der Waals surface area (Å²) < 4.78 is 5.72. The van der Waals surface area contributed by atoms with Crippen LogP contribution in [0.3, 0.4) is 0 Å².